The van der Waals surface area contributed by atoms with E-state index in [9.17, 15) is 4.79 Å². The lowest BCUT2D eigenvalue weighted by Gasteiger charge is -1.97. The van der Waals surface area contributed by atoms with Crippen molar-refractivity contribution in [2.75, 3.05) is 6.54 Å². The maximum absolute atomic E-state index is 10.8. The molecule has 0 aromatic carbocycles. The van der Waals surface area contributed by atoms with Gasteiger partial charge in [0.15, 0.2) is 0 Å². The van der Waals surface area contributed by atoms with E-state index in [1.807, 2.05) is 0 Å². The van der Waals surface area contributed by atoms with Gasteiger partial charge in [-0.05, 0) is 13.5 Å². The van der Waals surface area contributed by atoms with Crippen LogP contribution < -0.4 is 11.3 Å². The normalized spacial score (nSPS) is 8.46. The van der Waals surface area contributed by atoms with E-state index < -0.39 is 0 Å². The van der Waals surface area contributed by atoms with E-state index in [4.69, 9.17) is 5.73 Å². The molecule has 1 heterocycles. The highest BCUT2D eigenvalue weighted by Gasteiger charge is 1.95. The number of aromatic nitrogens is 2. The van der Waals surface area contributed by atoms with E-state index in [0.717, 1.165) is 5.69 Å². The van der Waals surface area contributed by atoms with Crippen LogP contribution in [0.2, 0.25) is 0 Å². The number of nitrogens with zero attached hydrogens (tertiary/aromatic N) is 1. The van der Waals surface area contributed by atoms with E-state index in [1.165, 1.54) is 6.07 Å². The Morgan fingerprint density at radius 3 is 2.62 bits per heavy atom. The van der Waals surface area contributed by atoms with Gasteiger partial charge in [0, 0.05) is 18.2 Å². The van der Waals surface area contributed by atoms with Crippen LogP contribution in [0.25, 0.3) is 0 Å². The number of halogens is 2. The van der Waals surface area contributed by atoms with Gasteiger partial charge >= 0.3 is 0 Å². The highest BCUT2D eigenvalue weighted by atomic mass is 35.5. The standard InChI is InChI=1S/C7H11N3O.2ClH/c1-5-4-7(11)10-6(9-5)2-3-8;;/h4H,2-3,8H2,1H3,(H,9,10,11);2*1H. The summed E-state index contributed by atoms with van der Waals surface area (Å²) in [5, 5.41) is 0. The zero-order valence-electron chi connectivity index (χ0n) is 7.24. The van der Waals surface area contributed by atoms with Gasteiger partial charge in [0.1, 0.15) is 5.82 Å². The van der Waals surface area contributed by atoms with Gasteiger partial charge in [-0.3, -0.25) is 4.79 Å². The molecule has 3 N–H and O–H groups in total. The maximum Gasteiger partial charge on any atom is 0.251 e. The lowest BCUT2D eigenvalue weighted by molar-refractivity contribution is 0.844. The summed E-state index contributed by atoms with van der Waals surface area (Å²) in [4.78, 5) is 17.5. The number of hydrogen-bond acceptors (Lipinski definition) is 3. The van der Waals surface area contributed by atoms with Crippen molar-refractivity contribution in [3.63, 3.8) is 0 Å². The molecule has 13 heavy (non-hydrogen) atoms. The van der Waals surface area contributed by atoms with Gasteiger partial charge in [0.25, 0.3) is 5.56 Å². The number of nitrogens with two attached hydrogens (primary N) is 1. The van der Waals surface area contributed by atoms with Crippen molar-refractivity contribution in [3.05, 3.63) is 27.9 Å². The summed E-state index contributed by atoms with van der Waals surface area (Å²) in [6.45, 7) is 2.29. The first-order valence-corrected chi connectivity index (χ1v) is 3.49. The van der Waals surface area contributed by atoms with Crippen LogP contribution in [-0.2, 0) is 6.42 Å². The molecule has 0 unspecified atom stereocenters. The summed E-state index contributed by atoms with van der Waals surface area (Å²) in [6, 6.07) is 1.46. The van der Waals surface area contributed by atoms with Crippen LogP contribution in [0.4, 0.5) is 0 Å². The first-order chi connectivity index (χ1) is 5.22. The third-order valence-corrected chi connectivity index (χ3v) is 1.30. The monoisotopic (exact) mass is 225 g/mol. The molecule has 0 spiro atoms. The Hall–Kier alpha value is -0.580. The Morgan fingerprint density at radius 1 is 1.54 bits per heavy atom. The van der Waals surface area contributed by atoms with Crippen LogP contribution in [0.5, 0.6) is 0 Å². The minimum absolute atomic E-state index is 0. The first kappa shape index (κ1) is 14.9. The molecule has 0 saturated heterocycles. The van der Waals surface area contributed by atoms with Crippen LogP contribution in [0, 0.1) is 6.92 Å². The van der Waals surface area contributed by atoms with Gasteiger partial charge in [0.05, 0.1) is 0 Å². The smallest absolute Gasteiger partial charge is 0.251 e. The quantitative estimate of drug-likeness (QED) is 0.767. The second kappa shape index (κ2) is 6.88. The van der Waals surface area contributed by atoms with E-state index >= 15 is 0 Å². The van der Waals surface area contributed by atoms with E-state index in [-0.39, 0.29) is 30.4 Å². The van der Waals surface area contributed by atoms with Crippen LogP contribution >= 0.6 is 24.8 Å². The molecular formula is C7H13Cl2N3O. The molecule has 0 radical (unpaired) electrons. The minimum Gasteiger partial charge on any atom is -0.330 e. The SMILES string of the molecule is Cc1cc(=O)[nH]c(CCN)n1.Cl.Cl. The molecule has 6 heteroatoms. The Labute approximate surface area is 88.8 Å². The number of hydrogen-bond donors (Lipinski definition) is 2. The Balaban J connectivity index is 0. The fourth-order valence-electron chi connectivity index (χ4n) is 0.896. The number of aryl methyl sites for hydroxylation is 1. The van der Waals surface area contributed by atoms with Crippen molar-refractivity contribution >= 4 is 24.8 Å². The van der Waals surface area contributed by atoms with Crippen LogP contribution in [0.3, 0.4) is 0 Å². The van der Waals surface area contributed by atoms with Crippen molar-refractivity contribution in [2.24, 2.45) is 5.73 Å². The maximum atomic E-state index is 10.8. The molecule has 0 aliphatic heterocycles. The fourth-order valence-corrected chi connectivity index (χ4v) is 0.896. The summed E-state index contributed by atoms with van der Waals surface area (Å²) < 4.78 is 0. The summed E-state index contributed by atoms with van der Waals surface area (Å²) in [5.41, 5.74) is 5.92. The Bertz CT molecular complexity index is 300. The molecule has 0 aliphatic rings. The van der Waals surface area contributed by atoms with Crippen LogP contribution in [0.1, 0.15) is 11.5 Å². The molecule has 0 fully saturated rings. The second-order valence-electron chi connectivity index (χ2n) is 2.37. The van der Waals surface area contributed by atoms with Crippen molar-refractivity contribution in [3.8, 4) is 0 Å². The number of nitrogens with one attached hydrogen (secondary N) is 1. The van der Waals surface area contributed by atoms with Gasteiger partial charge in [-0.15, -0.1) is 24.8 Å². The molecular weight excluding hydrogens is 213 g/mol. The van der Waals surface area contributed by atoms with Gasteiger partial charge in [0.2, 0.25) is 0 Å². The second-order valence-corrected chi connectivity index (χ2v) is 2.37. The molecule has 0 bridgehead atoms. The van der Waals surface area contributed by atoms with E-state index in [1.54, 1.807) is 6.92 Å². The number of aromatic amines is 1. The Morgan fingerprint density at radius 2 is 2.15 bits per heavy atom. The van der Waals surface area contributed by atoms with Gasteiger partial charge in [-0.1, -0.05) is 0 Å². The molecule has 1 aromatic rings. The average molecular weight is 226 g/mol. The van der Waals surface area contributed by atoms with Gasteiger partial charge in [-0.2, -0.15) is 0 Å². The molecule has 0 saturated carbocycles. The summed E-state index contributed by atoms with van der Waals surface area (Å²) in [6.07, 6.45) is 0.622. The van der Waals surface area contributed by atoms with Crippen LogP contribution in [0.15, 0.2) is 10.9 Å². The van der Waals surface area contributed by atoms with Crippen LogP contribution in [-0.4, -0.2) is 16.5 Å². The van der Waals surface area contributed by atoms with E-state index in [2.05, 4.69) is 9.97 Å². The topological polar surface area (TPSA) is 71.8 Å². The average Bonchev–Trinajstić information content (AvgIpc) is 1.85. The molecule has 4 nitrogen and oxygen atoms in total. The predicted molar refractivity (Wildman–Crippen MR) is 56.8 cm³/mol. The molecule has 0 amide bonds. The summed E-state index contributed by atoms with van der Waals surface area (Å²) >= 11 is 0. The highest BCUT2D eigenvalue weighted by Crippen LogP contribution is 1.88. The lowest BCUT2D eigenvalue weighted by Crippen LogP contribution is -2.14. The minimum atomic E-state index is -0.110. The molecule has 76 valence electrons. The lowest BCUT2D eigenvalue weighted by atomic mass is 10.3. The third-order valence-electron chi connectivity index (χ3n) is 1.30. The predicted octanol–water partition coefficient (Wildman–Crippen LogP) is 0.423. The van der Waals surface area contributed by atoms with Crippen molar-refractivity contribution in [1.29, 1.82) is 0 Å². The van der Waals surface area contributed by atoms with Crippen molar-refractivity contribution < 1.29 is 0 Å². The Kier molecular flexibility index (Phi) is 7.90. The largest absolute Gasteiger partial charge is 0.330 e. The van der Waals surface area contributed by atoms with E-state index in [0.29, 0.717) is 18.8 Å². The van der Waals surface area contributed by atoms with Gasteiger partial charge < -0.3 is 10.7 Å². The van der Waals surface area contributed by atoms with Crippen molar-refractivity contribution in [2.45, 2.75) is 13.3 Å². The third kappa shape index (κ3) is 4.87. The number of rotatable bonds is 2. The fraction of sp³-hybridized carbons (Fsp3) is 0.429. The zero-order chi connectivity index (χ0) is 8.27. The summed E-state index contributed by atoms with van der Waals surface area (Å²) in [7, 11) is 0. The van der Waals surface area contributed by atoms with Gasteiger partial charge in [-0.25, -0.2) is 4.98 Å². The molecule has 0 aliphatic carbocycles. The molecule has 1 aromatic heterocycles. The van der Waals surface area contributed by atoms with Crippen molar-refractivity contribution in [1.82, 2.24) is 9.97 Å². The molecule has 1 rings (SSSR count). The summed E-state index contributed by atoms with van der Waals surface area (Å²) in [5.74, 6) is 0.664. The highest BCUT2D eigenvalue weighted by molar-refractivity contribution is 5.85. The zero-order valence-corrected chi connectivity index (χ0v) is 8.87. The first-order valence-electron chi connectivity index (χ1n) is 3.49. The number of H-pyrrole nitrogens is 1. The molecule has 0 atom stereocenters.